The molecule has 0 spiro atoms. The Bertz CT molecular complexity index is 1360. The van der Waals surface area contributed by atoms with E-state index in [4.69, 9.17) is 11.6 Å². The number of hydrogen-bond donors (Lipinski definition) is 1. The number of halogens is 1. The van der Waals surface area contributed by atoms with E-state index in [2.05, 4.69) is 46.0 Å². The highest BCUT2D eigenvalue weighted by atomic mass is 35.5. The summed E-state index contributed by atoms with van der Waals surface area (Å²) in [5.41, 5.74) is 3.89. The van der Waals surface area contributed by atoms with Crippen LogP contribution < -0.4 is 10.2 Å². The third-order valence-corrected chi connectivity index (χ3v) is 11.5. The Kier molecular flexibility index (Phi) is 6.72. The number of rotatable bonds is 3. The molecule has 6 atom stereocenters. The number of carbonyl (C=O) groups is 2. The Morgan fingerprint density at radius 2 is 1.75 bits per heavy atom. The van der Waals surface area contributed by atoms with E-state index in [9.17, 15) is 9.59 Å². The fraction of sp³-hybridized carbons (Fsp3) is 0.543. The van der Waals surface area contributed by atoms with Gasteiger partial charge in [-0.25, -0.2) is 0 Å². The van der Waals surface area contributed by atoms with Gasteiger partial charge in [0.1, 0.15) is 0 Å². The van der Waals surface area contributed by atoms with Crippen molar-refractivity contribution in [2.75, 3.05) is 11.4 Å². The molecular formula is C35H43ClN2O2. The molecule has 3 fully saturated rings. The standard InChI is InChI=1S/C35H43ClN2O2/c1-33(2,3)22-11-14-30(29(36)19-22)38(23-9-7-6-8-10-23)32(40)28-13-12-26-25-21-37-31-20-24(39)15-17-35(31,5)27(25)16-18-34(26,28)4/h6-11,14,19-20,25-28,37H,12-13,15-18,21H2,1-5H3/t25-,26-,27+,28?,34-,35+/m0/s1. The summed E-state index contributed by atoms with van der Waals surface area (Å²) in [6, 6.07) is 16.2. The van der Waals surface area contributed by atoms with Crippen molar-refractivity contribution >= 4 is 34.7 Å². The second kappa shape index (κ2) is 9.76. The van der Waals surface area contributed by atoms with Gasteiger partial charge in [0.2, 0.25) is 5.91 Å². The Morgan fingerprint density at radius 1 is 1.00 bits per heavy atom. The highest BCUT2D eigenvalue weighted by molar-refractivity contribution is 6.34. The van der Waals surface area contributed by atoms with Gasteiger partial charge in [-0.15, -0.1) is 0 Å². The zero-order valence-corrected chi connectivity index (χ0v) is 25.4. The molecule has 0 radical (unpaired) electrons. The summed E-state index contributed by atoms with van der Waals surface area (Å²) >= 11 is 6.95. The highest BCUT2D eigenvalue weighted by Gasteiger charge is 2.61. The molecular weight excluding hydrogens is 516 g/mol. The zero-order chi connectivity index (χ0) is 28.4. The van der Waals surface area contributed by atoms with Crippen LogP contribution >= 0.6 is 11.6 Å². The van der Waals surface area contributed by atoms with Crippen molar-refractivity contribution in [3.8, 4) is 0 Å². The number of fused-ring (bicyclic) bond motifs is 5. The molecule has 2 aromatic rings. The van der Waals surface area contributed by atoms with Gasteiger partial charge in [-0.05, 0) is 90.5 Å². The van der Waals surface area contributed by atoms with Crippen LogP contribution in [-0.4, -0.2) is 18.2 Å². The van der Waals surface area contributed by atoms with E-state index < -0.39 is 0 Å². The van der Waals surface area contributed by atoms with Gasteiger partial charge >= 0.3 is 0 Å². The first-order valence-corrected chi connectivity index (χ1v) is 15.5. The number of anilines is 2. The number of nitrogens with zero attached hydrogens (tertiary/aromatic N) is 1. The van der Waals surface area contributed by atoms with Crippen LogP contribution in [-0.2, 0) is 15.0 Å². The maximum atomic E-state index is 14.7. The van der Waals surface area contributed by atoms with Crippen molar-refractivity contribution in [3.05, 3.63) is 70.9 Å². The maximum absolute atomic E-state index is 14.7. The quantitative estimate of drug-likeness (QED) is 0.413. The lowest BCUT2D eigenvalue weighted by Gasteiger charge is -2.58. The third-order valence-electron chi connectivity index (χ3n) is 11.2. The van der Waals surface area contributed by atoms with Crippen molar-refractivity contribution in [2.24, 2.45) is 34.5 Å². The molecule has 3 aliphatic carbocycles. The van der Waals surface area contributed by atoms with Crippen LogP contribution in [0.2, 0.25) is 5.02 Å². The average Bonchev–Trinajstić information content (AvgIpc) is 3.27. The van der Waals surface area contributed by atoms with Crippen LogP contribution in [0.1, 0.15) is 78.7 Å². The van der Waals surface area contributed by atoms with Crippen LogP contribution in [0.3, 0.4) is 0 Å². The second-order valence-corrected chi connectivity index (χ2v) is 14.7. The lowest BCUT2D eigenvalue weighted by molar-refractivity contribution is -0.129. The van der Waals surface area contributed by atoms with Gasteiger partial charge in [0, 0.05) is 41.8 Å². The fourth-order valence-corrected chi connectivity index (χ4v) is 9.09. The van der Waals surface area contributed by atoms with E-state index >= 15 is 0 Å². The molecule has 1 saturated heterocycles. The number of piperidine rings is 1. The van der Waals surface area contributed by atoms with Gasteiger partial charge in [-0.1, -0.05) is 70.5 Å². The smallest absolute Gasteiger partial charge is 0.235 e. The number of carbonyl (C=O) groups excluding carboxylic acids is 2. The first-order valence-electron chi connectivity index (χ1n) is 15.1. The number of hydrogen-bond acceptors (Lipinski definition) is 3. The maximum Gasteiger partial charge on any atom is 0.235 e. The van der Waals surface area contributed by atoms with Crippen LogP contribution in [0, 0.1) is 34.5 Å². The summed E-state index contributed by atoms with van der Waals surface area (Å²) < 4.78 is 0. The SMILES string of the molecule is CC(C)(C)c1ccc(N(C(=O)C2CC[C@H]3[C@@H]4CNC5=CC(=O)CC[C@]5(C)[C@@H]4CC[C@]23C)c2ccccc2)c(Cl)c1. The lowest BCUT2D eigenvalue weighted by atomic mass is 9.50. The van der Waals surface area contributed by atoms with Gasteiger partial charge in [0.05, 0.1) is 10.7 Å². The Morgan fingerprint density at radius 3 is 2.45 bits per heavy atom. The van der Waals surface area contributed by atoms with Gasteiger partial charge in [0.15, 0.2) is 5.78 Å². The number of nitrogens with one attached hydrogen (secondary N) is 1. The monoisotopic (exact) mass is 558 g/mol. The van der Waals surface area contributed by atoms with Crippen molar-refractivity contribution in [1.82, 2.24) is 5.32 Å². The molecule has 1 N–H and O–H groups in total. The predicted molar refractivity (Wildman–Crippen MR) is 163 cm³/mol. The molecule has 1 heterocycles. The molecule has 1 aliphatic heterocycles. The summed E-state index contributed by atoms with van der Waals surface area (Å²) in [6.07, 6.45) is 7.59. The van der Waals surface area contributed by atoms with Crippen molar-refractivity contribution in [2.45, 2.75) is 78.6 Å². The molecule has 4 nitrogen and oxygen atoms in total. The molecule has 2 saturated carbocycles. The summed E-state index contributed by atoms with van der Waals surface area (Å²) in [5, 5.41) is 4.31. The number of amides is 1. The minimum atomic E-state index is -0.0626. The van der Waals surface area contributed by atoms with E-state index in [1.807, 2.05) is 53.4 Å². The van der Waals surface area contributed by atoms with E-state index in [1.165, 1.54) is 0 Å². The van der Waals surface area contributed by atoms with E-state index in [1.54, 1.807) is 0 Å². The first kappa shape index (κ1) is 27.6. The third kappa shape index (κ3) is 4.33. The number of benzene rings is 2. The molecule has 6 rings (SSSR count). The summed E-state index contributed by atoms with van der Waals surface area (Å²) in [6.45, 7) is 12.2. The van der Waals surface area contributed by atoms with Gasteiger partial charge < -0.3 is 5.32 Å². The normalized spacial score (nSPS) is 33.2. The predicted octanol–water partition coefficient (Wildman–Crippen LogP) is 8.22. The largest absolute Gasteiger partial charge is 0.387 e. The van der Waals surface area contributed by atoms with Gasteiger partial charge in [-0.3, -0.25) is 14.5 Å². The Hall–Kier alpha value is -2.59. The summed E-state index contributed by atoms with van der Waals surface area (Å²) in [4.78, 5) is 28.8. The number of ketones is 1. The zero-order valence-electron chi connectivity index (χ0n) is 24.6. The average molecular weight is 559 g/mol. The van der Waals surface area contributed by atoms with Crippen LogP contribution in [0.15, 0.2) is 60.3 Å². The topological polar surface area (TPSA) is 49.4 Å². The summed E-state index contributed by atoms with van der Waals surface area (Å²) in [5.74, 6) is 1.92. The first-order chi connectivity index (χ1) is 18.9. The van der Waals surface area contributed by atoms with Crippen molar-refractivity contribution in [3.63, 3.8) is 0 Å². The molecule has 212 valence electrons. The van der Waals surface area contributed by atoms with Gasteiger partial charge in [-0.2, -0.15) is 0 Å². The Labute approximate surface area is 244 Å². The highest BCUT2D eigenvalue weighted by Crippen LogP contribution is 2.64. The Balaban J connectivity index is 1.33. The molecule has 40 heavy (non-hydrogen) atoms. The molecule has 1 unspecified atom stereocenters. The molecule has 5 heteroatoms. The molecule has 4 aliphatic rings. The fourth-order valence-electron chi connectivity index (χ4n) is 8.82. The van der Waals surface area contributed by atoms with E-state index in [0.29, 0.717) is 29.2 Å². The number of para-hydroxylation sites is 1. The lowest BCUT2D eigenvalue weighted by Crippen LogP contribution is -2.57. The minimum Gasteiger partial charge on any atom is -0.387 e. The van der Waals surface area contributed by atoms with Crippen LogP contribution in [0.25, 0.3) is 0 Å². The second-order valence-electron chi connectivity index (χ2n) is 14.3. The molecule has 0 aromatic heterocycles. The van der Waals surface area contributed by atoms with Crippen molar-refractivity contribution in [1.29, 1.82) is 0 Å². The van der Waals surface area contributed by atoms with Gasteiger partial charge in [0.25, 0.3) is 0 Å². The van der Waals surface area contributed by atoms with E-state index in [-0.39, 0.29) is 33.9 Å². The van der Waals surface area contributed by atoms with Crippen LogP contribution in [0.4, 0.5) is 11.4 Å². The summed E-state index contributed by atoms with van der Waals surface area (Å²) in [7, 11) is 0. The molecule has 1 amide bonds. The number of allylic oxidation sites excluding steroid dienone is 2. The van der Waals surface area contributed by atoms with E-state index in [0.717, 1.165) is 61.3 Å². The molecule has 0 bridgehead atoms. The van der Waals surface area contributed by atoms with Crippen LogP contribution in [0.5, 0.6) is 0 Å². The molecule has 2 aromatic carbocycles. The van der Waals surface area contributed by atoms with Crippen molar-refractivity contribution < 1.29 is 9.59 Å². The minimum absolute atomic E-state index is 0.0279.